The first-order chi connectivity index (χ1) is 14.7. The van der Waals surface area contributed by atoms with Crippen LogP contribution >= 0.6 is 0 Å². The van der Waals surface area contributed by atoms with Crippen molar-refractivity contribution in [3.63, 3.8) is 0 Å². The average molecular weight is 407 g/mol. The number of benzene rings is 2. The van der Waals surface area contributed by atoms with Crippen LogP contribution in [0.5, 0.6) is 11.5 Å². The monoisotopic (exact) mass is 407 g/mol. The van der Waals surface area contributed by atoms with E-state index in [1.807, 2.05) is 60.4 Å². The number of carbonyl (C=O) groups excluding carboxylic acids is 1. The topological polar surface area (TPSA) is 77.7 Å². The number of nitrogens with zero attached hydrogens (tertiary/aromatic N) is 3. The van der Waals surface area contributed by atoms with E-state index in [0.29, 0.717) is 31.3 Å². The Morgan fingerprint density at radius 1 is 1.13 bits per heavy atom. The number of rotatable bonds is 7. The summed E-state index contributed by atoms with van der Waals surface area (Å²) in [5, 5.41) is 4.11. The van der Waals surface area contributed by atoms with E-state index in [-0.39, 0.29) is 11.9 Å². The molecule has 156 valence electrons. The van der Waals surface area contributed by atoms with Crippen LogP contribution in [0.25, 0.3) is 11.4 Å². The molecule has 1 aliphatic rings. The molecular formula is C23H25N3O4. The number of ether oxygens (including phenoxy) is 2. The van der Waals surface area contributed by atoms with E-state index in [1.165, 1.54) is 0 Å². The van der Waals surface area contributed by atoms with Crippen molar-refractivity contribution in [2.45, 2.75) is 32.2 Å². The van der Waals surface area contributed by atoms with Gasteiger partial charge in [-0.1, -0.05) is 17.3 Å². The summed E-state index contributed by atoms with van der Waals surface area (Å²) in [6.45, 7) is 3.26. The fourth-order valence-corrected chi connectivity index (χ4v) is 3.70. The smallest absolute Gasteiger partial charge is 0.249 e. The Morgan fingerprint density at radius 3 is 2.57 bits per heavy atom. The van der Waals surface area contributed by atoms with E-state index in [0.717, 1.165) is 35.5 Å². The predicted molar refractivity (Wildman–Crippen MR) is 111 cm³/mol. The Balaban J connectivity index is 1.45. The molecule has 1 aromatic heterocycles. The number of amides is 1. The number of likely N-dealkylation sites (tertiary alicyclic amines) is 1. The summed E-state index contributed by atoms with van der Waals surface area (Å²) in [7, 11) is 1.63. The Bertz CT molecular complexity index is 982. The maximum Gasteiger partial charge on any atom is 0.249 e. The zero-order chi connectivity index (χ0) is 20.9. The number of methoxy groups -OCH3 is 1. The lowest BCUT2D eigenvalue weighted by Gasteiger charge is -2.22. The van der Waals surface area contributed by atoms with Crippen LogP contribution in [0.15, 0.2) is 53.1 Å². The van der Waals surface area contributed by atoms with Crippen molar-refractivity contribution in [2.24, 2.45) is 0 Å². The van der Waals surface area contributed by atoms with E-state index in [4.69, 9.17) is 14.0 Å². The van der Waals surface area contributed by atoms with E-state index < -0.39 is 0 Å². The van der Waals surface area contributed by atoms with Gasteiger partial charge in [0.05, 0.1) is 20.1 Å². The van der Waals surface area contributed by atoms with Gasteiger partial charge in [-0.25, -0.2) is 0 Å². The highest BCUT2D eigenvalue weighted by molar-refractivity contribution is 5.79. The molecule has 3 aromatic rings. The third-order valence-corrected chi connectivity index (χ3v) is 5.24. The Morgan fingerprint density at radius 2 is 1.87 bits per heavy atom. The second kappa shape index (κ2) is 8.98. The molecule has 2 heterocycles. The molecule has 0 saturated carbocycles. The quantitative estimate of drug-likeness (QED) is 0.588. The molecule has 0 aliphatic carbocycles. The first-order valence-corrected chi connectivity index (χ1v) is 10.2. The molecule has 0 radical (unpaired) electrons. The second-order valence-corrected chi connectivity index (χ2v) is 7.18. The van der Waals surface area contributed by atoms with Crippen molar-refractivity contribution in [1.29, 1.82) is 0 Å². The minimum atomic E-state index is -0.181. The molecule has 0 N–H and O–H groups in total. The van der Waals surface area contributed by atoms with Gasteiger partial charge in [0.15, 0.2) is 0 Å². The van der Waals surface area contributed by atoms with Gasteiger partial charge in [0.1, 0.15) is 17.5 Å². The highest BCUT2D eigenvalue weighted by Gasteiger charge is 2.34. The first-order valence-electron chi connectivity index (χ1n) is 10.2. The Hall–Kier alpha value is -3.35. The normalized spacial score (nSPS) is 15.9. The van der Waals surface area contributed by atoms with Crippen LogP contribution in [0.3, 0.4) is 0 Å². The Labute approximate surface area is 175 Å². The SMILES string of the molecule is CCOc1ccc(CC(=O)N2CCC[C@H]2c2nc(-c3ccc(OC)cc3)no2)cc1. The van der Waals surface area contributed by atoms with E-state index in [1.54, 1.807) is 7.11 Å². The average Bonchev–Trinajstić information content (AvgIpc) is 3.45. The third-order valence-electron chi connectivity index (χ3n) is 5.24. The molecule has 0 spiro atoms. The zero-order valence-corrected chi connectivity index (χ0v) is 17.2. The molecule has 1 fully saturated rings. The molecule has 1 aliphatic heterocycles. The van der Waals surface area contributed by atoms with E-state index >= 15 is 0 Å². The first kappa shape index (κ1) is 19.9. The van der Waals surface area contributed by atoms with Gasteiger partial charge in [-0.15, -0.1) is 0 Å². The molecule has 30 heavy (non-hydrogen) atoms. The lowest BCUT2D eigenvalue weighted by Crippen LogP contribution is -2.32. The van der Waals surface area contributed by atoms with Crippen molar-refractivity contribution in [3.05, 3.63) is 60.0 Å². The summed E-state index contributed by atoms with van der Waals surface area (Å²) >= 11 is 0. The minimum Gasteiger partial charge on any atom is -0.497 e. The van der Waals surface area contributed by atoms with Crippen molar-refractivity contribution < 1.29 is 18.8 Å². The molecule has 7 heteroatoms. The molecule has 2 aromatic carbocycles. The highest BCUT2D eigenvalue weighted by atomic mass is 16.5. The molecule has 7 nitrogen and oxygen atoms in total. The summed E-state index contributed by atoms with van der Waals surface area (Å²) < 4.78 is 16.2. The largest absolute Gasteiger partial charge is 0.497 e. The van der Waals surface area contributed by atoms with Crippen molar-refractivity contribution in [1.82, 2.24) is 15.0 Å². The van der Waals surface area contributed by atoms with Gasteiger partial charge in [-0.2, -0.15) is 4.98 Å². The zero-order valence-electron chi connectivity index (χ0n) is 17.2. The van der Waals surface area contributed by atoms with Crippen LogP contribution in [-0.2, 0) is 11.2 Å². The lowest BCUT2D eigenvalue weighted by molar-refractivity contribution is -0.131. The van der Waals surface area contributed by atoms with Crippen LogP contribution in [0, 0.1) is 0 Å². The fraction of sp³-hybridized carbons (Fsp3) is 0.348. The van der Waals surface area contributed by atoms with Crippen molar-refractivity contribution in [3.8, 4) is 22.9 Å². The van der Waals surface area contributed by atoms with Gasteiger partial charge >= 0.3 is 0 Å². The van der Waals surface area contributed by atoms with Crippen LogP contribution in [0.1, 0.15) is 37.3 Å². The van der Waals surface area contributed by atoms with Gasteiger partial charge in [0, 0.05) is 12.1 Å². The predicted octanol–water partition coefficient (Wildman–Crippen LogP) is 4.05. The van der Waals surface area contributed by atoms with E-state index in [9.17, 15) is 4.79 Å². The van der Waals surface area contributed by atoms with Crippen molar-refractivity contribution >= 4 is 5.91 Å². The van der Waals surface area contributed by atoms with Gasteiger partial charge in [0.25, 0.3) is 0 Å². The summed E-state index contributed by atoms with van der Waals surface area (Å²) in [5.74, 6) is 2.64. The lowest BCUT2D eigenvalue weighted by atomic mass is 10.1. The summed E-state index contributed by atoms with van der Waals surface area (Å²) in [6.07, 6.45) is 2.07. The molecule has 0 unspecified atom stereocenters. The van der Waals surface area contributed by atoms with Gasteiger partial charge in [-0.05, 0) is 61.7 Å². The minimum absolute atomic E-state index is 0.0610. The van der Waals surface area contributed by atoms with Gasteiger partial charge < -0.3 is 18.9 Å². The Kier molecular flexibility index (Phi) is 5.97. The van der Waals surface area contributed by atoms with Gasteiger partial charge in [-0.3, -0.25) is 4.79 Å². The van der Waals surface area contributed by atoms with Crippen molar-refractivity contribution in [2.75, 3.05) is 20.3 Å². The maximum atomic E-state index is 12.9. The molecule has 4 rings (SSSR count). The fourth-order valence-electron chi connectivity index (χ4n) is 3.70. The summed E-state index contributed by atoms with van der Waals surface area (Å²) in [6, 6.07) is 15.0. The molecule has 0 bridgehead atoms. The summed E-state index contributed by atoms with van der Waals surface area (Å²) in [5.41, 5.74) is 1.80. The third kappa shape index (κ3) is 4.30. The number of aromatic nitrogens is 2. The number of hydrogen-bond donors (Lipinski definition) is 0. The number of hydrogen-bond acceptors (Lipinski definition) is 6. The van der Waals surface area contributed by atoms with E-state index in [2.05, 4.69) is 10.1 Å². The van der Waals surface area contributed by atoms with Crippen LogP contribution in [0.4, 0.5) is 0 Å². The van der Waals surface area contributed by atoms with Crippen LogP contribution in [0.2, 0.25) is 0 Å². The molecule has 1 amide bonds. The summed E-state index contributed by atoms with van der Waals surface area (Å²) in [4.78, 5) is 19.4. The van der Waals surface area contributed by atoms with Crippen LogP contribution < -0.4 is 9.47 Å². The molecule has 1 saturated heterocycles. The number of carbonyl (C=O) groups is 1. The second-order valence-electron chi connectivity index (χ2n) is 7.18. The molecule has 1 atom stereocenters. The molecular weight excluding hydrogens is 382 g/mol. The highest BCUT2D eigenvalue weighted by Crippen LogP contribution is 2.33. The van der Waals surface area contributed by atoms with Crippen LogP contribution in [-0.4, -0.2) is 41.2 Å². The maximum absolute atomic E-state index is 12.9. The van der Waals surface area contributed by atoms with Gasteiger partial charge in [0.2, 0.25) is 17.6 Å². The standard InChI is InChI=1S/C23H25N3O4/c1-3-29-19-10-6-16(7-11-19)15-21(27)26-14-4-5-20(26)23-24-22(25-30-23)17-8-12-18(28-2)13-9-17/h6-13,20H,3-5,14-15H2,1-2H3/t20-/m0/s1.